The van der Waals surface area contributed by atoms with Gasteiger partial charge < -0.3 is 5.73 Å². The Balaban J connectivity index is 3.78. The Morgan fingerprint density at radius 1 is 1.82 bits per heavy atom. The van der Waals surface area contributed by atoms with Gasteiger partial charge in [-0.25, -0.2) is 5.84 Å². The monoisotopic (exact) mass is 178 g/mol. The lowest BCUT2D eigenvalue weighted by Gasteiger charge is -2.04. The molecule has 0 spiro atoms. The van der Waals surface area contributed by atoms with Crippen molar-refractivity contribution in [3.05, 3.63) is 0 Å². The van der Waals surface area contributed by atoms with E-state index in [1.54, 1.807) is 6.26 Å². The van der Waals surface area contributed by atoms with Gasteiger partial charge in [-0.15, -0.1) is 0 Å². The molecule has 66 valence electrons. The van der Waals surface area contributed by atoms with Gasteiger partial charge >= 0.3 is 0 Å². The Hall–Kier alpha value is -0.620. The van der Waals surface area contributed by atoms with E-state index in [0.717, 1.165) is 0 Å². The summed E-state index contributed by atoms with van der Waals surface area (Å²) in [6, 6.07) is 0. The van der Waals surface area contributed by atoms with E-state index in [1.807, 2.05) is 6.92 Å². The second-order valence-electron chi connectivity index (χ2n) is 2.18. The Kier molecular flexibility index (Phi) is 4.80. The highest BCUT2D eigenvalue weighted by molar-refractivity contribution is 7.84. The molecule has 0 saturated heterocycles. The summed E-state index contributed by atoms with van der Waals surface area (Å²) >= 11 is 0. The van der Waals surface area contributed by atoms with Gasteiger partial charge in [0.05, 0.1) is 11.8 Å². The van der Waals surface area contributed by atoms with Gasteiger partial charge in [-0.2, -0.15) is 0 Å². The summed E-state index contributed by atoms with van der Waals surface area (Å²) in [5, 5.41) is 0.0156. The minimum Gasteiger partial charge on any atom is -0.369 e. The zero-order chi connectivity index (χ0) is 8.85. The van der Waals surface area contributed by atoms with Crippen LogP contribution in [0.1, 0.15) is 6.92 Å². The normalized spacial score (nSPS) is 17.5. The molecule has 0 aromatic carbocycles. The highest BCUT2D eigenvalue weighted by atomic mass is 32.2. The van der Waals surface area contributed by atoms with Crippen molar-refractivity contribution in [2.45, 2.75) is 12.2 Å². The molecule has 5 nitrogen and oxygen atoms in total. The van der Waals surface area contributed by atoms with Gasteiger partial charge in [0.15, 0.2) is 0 Å². The molecule has 0 amide bonds. The predicted octanol–water partition coefficient (Wildman–Crippen LogP) is -1.47. The van der Waals surface area contributed by atoms with Crippen LogP contribution in [0.4, 0.5) is 0 Å². The maximum absolute atomic E-state index is 10.8. The third-order valence-electron chi connectivity index (χ3n) is 1.23. The third kappa shape index (κ3) is 4.74. The summed E-state index contributed by atoms with van der Waals surface area (Å²) in [7, 11) is -0.860. The number of nitrogens with zero attached hydrogens (tertiary/aromatic N) is 1. The van der Waals surface area contributed by atoms with Crippen LogP contribution in [0.3, 0.4) is 0 Å². The Labute approximate surface area is 68.7 Å². The summed E-state index contributed by atoms with van der Waals surface area (Å²) in [6.45, 7) is 2.27. The van der Waals surface area contributed by atoms with Crippen molar-refractivity contribution in [2.24, 2.45) is 16.6 Å². The summed E-state index contributed by atoms with van der Waals surface area (Å²) < 4.78 is 10.8. The molecule has 0 aromatic rings. The lowest BCUT2D eigenvalue weighted by Crippen LogP contribution is -2.37. The van der Waals surface area contributed by atoms with Crippen molar-refractivity contribution >= 4 is 16.8 Å². The smallest absolute Gasteiger partial charge is 0.203 e. The fourth-order valence-corrected chi connectivity index (χ4v) is 0.662. The summed E-state index contributed by atoms with van der Waals surface area (Å²) in [6.07, 6.45) is 1.63. The average molecular weight is 178 g/mol. The van der Waals surface area contributed by atoms with Crippen molar-refractivity contribution in [1.29, 1.82) is 0 Å². The van der Waals surface area contributed by atoms with E-state index in [2.05, 4.69) is 10.4 Å². The second-order valence-corrected chi connectivity index (χ2v) is 3.98. The molecule has 2 atom stereocenters. The summed E-state index contributed by atoms with van der Waals surface area (Å²) in [5.74, 6) is 5.12. The van der Waals surface area contributed by atoms with Crippen LogP contribution in [0.5, 0.6) is 0 Å². The molecule has 0 aliphatic heterocycles. The van der Waals surface area contributed by atoms with Crippen molar-refractivity contribution in [1.82, 2.24) is 5.43 Å². The molecular weight excluding hydrogens is 164 g/mol. The lowest BCUT2D eigenvalue weighted by molar-refractivity contribution is 0.677. The number of guanidine groups is 1. The van der Waals surface area contributed by atoms with Gasteiger partial charge in [0, 0.05) is 17.1 Å². The Bertz CT molecular complexity index is 170. The van der Waals surface area contributed by atoms with Gasteiger partial charge in [-0.1, -0.05) is 0 Å². The van der Waals surface area contributed by atoms with Crippen LogP contribution >= 0.6 is 0 Å². The first-order valence-corrected chi connectivity index (χ1v) is 4.78. The molecule has 0 saturated carbocycles. The first-order chi connectivity index (χ1) is 5.07. The largest absolute Gasteiger partial charge is 0.369 e. The molecule has 0 bridgehead atoms. The first kappa shape index (κ1) is 10.4. The van der Waals surface area contributed by atoms with Crippen molar-refractivity contribution in [2.75, 3.05) is 12.8 Å². The van der Waals surface area contributed by atoms with E-state index in [-0.39, 0.29) is 11.2 Å². The zero-order valence-corrected chi connectivity index (χ0v) is 7.52. The molecule has 0 aromatic heterocycles. The SMILES string of the molecule is CC(CN=C(N)NN)S(C)=O. The molecule has 5 N–H and O–H groups in total. The number of hydrazine groups is 1. The van der Waals surface area contributed by atoms with Crippen molar-refractivity contribution in [3.63, 3.8) is 0 Å². The molecule has 6 heteroatoms. The van der Waals surface area contributed by atoms with Crippen LogP contribution in [-0.4, -0.2) is 28.2 Å². The van der Waals surface area contributed by atoms with Crippen LogP contribution in [0.15, 0.2) is 4.99 Å². The molecule has 0 rings (SSSR count). The van der Waals surface area contributed by atoms with Crippen LogP contribution < -0.4 is 17.0 Å². The van der Waals surface area contributed by atoms with E-state index in [0.29, 0.717) is 6.54 Å². The van der Waals surface area contributed by atoms with E-state index >= 15 is 0 Å². The van der Waals surface area contributed by atoms with Crippen molar-refractivity contribution in [3.8, 4) is 0 Å². The van der Waals surface area contributed by atoms with Crippen LogP contribution in [-0.2, 0) is 10.8 Å². The number of hydrogen-bond acceptors (Lipinski definition) is 3. The second kappa shape index (κ2) is 5.09. The van der Waals surface area contributed by atoms with Gasteiger partial charge in [-0.05, 0) is 6.92 Å². The molecule has 0 aliphatic rings. The zero-order valence-electron chi connectivity index (χ0n) is 6.70. The van der Waals surface area contributed by atoms with E-state index in [4.69, 9.17) is 11.6 Å². The lowest BCUT2D eigenvalue weighted by atomic mass is 10.5. The molecule has 0 aliphatic carbocycles. The Morgan fingerprint density at radius 3 is 2.73 bits per heavy atom. The van der Waals surface area contributed by atoms with Gasteiger partial charge in [0.25, 0.3) is 0 Å². The quantitative estimate of drug-likeness (QED) is 0.213. The maximum atomic E-state index is 10.8. The Morgan fingerprint density at radius 2 is 2.36 bits per heavy atom. The third-order valence-corrected chi connectivity index (χ3v) is 2.52. The molecule has 11 heavy (non-hydrogen) atoms. The fraction of sp³-hybridized carbons (Fsp3) is 0.800. The average Bonchev–Trinajstić information content (AvgIpc) is 1.99. The standard InChI is InChI=1S/C5H14N4OS/c1-4(11(2)10)3-8-5(6)9-7/h4H,3,7H2,1-2H3,(H3,6,8,9). The van der Waals surface area contributed by atoms with E-state index in [1.165, 1.54) is 0 Å². The highest BCUT2D eigenvalue weighted by Gasteiger charge is 2.03. The number of aliphatic imine (C=N–C) groups is 1. The van der Waals surface area contributed by atoms with Crippen LogP contribution in [0.25, 0.3) is 0 Å². The number of rotatable bonds is 3. The van der Waals surface area contributed by atoms with Crippen LogP contribution in [0.2, 0.25) is 0 Å². The fourth-order valence-electron chi connectivity index (χ4n) is 0.378. The molecular formula is C5H14N4OS. The van der Waals surface area contributed by atoms with Crippen molar-refractivity contribution < 1.29 is 4.21 Å². The van der Waals surface area contributed by atoms with Gasteiger partial charge in [0.2, 0.25) is 5.96 Å². The topological polar surface area (TPSA) is 93.5 Å². The molecule has 0 heterocycles. The van der Waals surface area contributed by atoms with Crippen LogP contribution in [0, 0.1) is 0 Å². The minimum absolute atomic E-state index is 0.0156. The number of nitrogens with one attached hydrogen (secondary N) is 1. The molecule has 0 fully saturated rings. The number of nitrogens with two attached hydrogens (primary N) is 2. The number of hydrogen-bond donors (Lipinski definition) is 3. The summed E-state index contributed by atoms with van der Waals surface area (Å²) in [5.41, 5.74) is 7.42. The molecule has 0 radical (unpaired) electrons. The maximum Gasteiger partial charge on any atom is 0.203 e. The first-order valence-electron chi connectivity index (χ1n) is 3.16. The van der Waals surface area contributed by atoms with E-state index in [9.17, 15) is 4.21 Å². The van der Waals surface area contributed by atoms with Gasteiger partial charge in [0.1, 0.15) is 0 Å². The molecule has 2 unspecified atom stereocenters. The van der Waals surface area contributed by atoms with E-state index < -0.39 is 10.8 Å². The highest BCUT2D eigenvalue weighted by Crippen LogP contribution is 1.91. The predicted molar refractivity (Wildman–Crippen MR) is 47.3 cm³/mol. The van der Waals surface area contributed by atoms with Gasteiger partial charge in [-0.3, -0.25) is 14.6 Å². The minimum atomic E-state index is -0.860. The summed E-state index contributed by atoms with van der Waals surface area (Å²) in [4.78, 5) is 3.83.